The molecule has 0 bridgehead atoms. The van der Waals surface area contributed by atoms with E-state index in [9.17, 15) is 0 Å². The summed E-state index contributed by atoms with van der Waals surface area (Å²) in [5.41, 5.74) is 10.6. The van der Waals surface area contributed by atoms with Crippen molar-refractivity contribution >= 4 is 71.0 Å². The van der Waals surface area contributed by atoms with E-state index in [-0.39, 0.29) is 0 Å². The number of allylic oxidation sites excluding steroid dienone is 2. The molecular weight excluding hydrogens is 556 g/mol. The first-order chi connectivity index (χ1) is 22.4. The highest BCUT2D eigenvalue weighted by Crippen LogP contribution is 2.46. The zero-order valence-electron chi connectivity index (χ0n) is 27.3. The topological polar surface area (TPSA) is 7.65 Å². The molecule has 0 atom stereocenters. The second-order valence-corrected chi connectivity index (χ2v) is 14.1. The maximum Gasteiger partial charge on any atom is 0.0622 e. The largest absolute Gasteiger partial charge is 0.315 e. The molecule has 0 saturated carbocycles. The van der Waals surface area contributed by atoms with Gasteiger partial charge in [-0.3, -0.25) is 0 Å². The Morgan fingerprint density at radius 2 is 1.13 bits per heavy atom. The number of rotatable bonds is 5. The number of aromatic nitrogens is 1. The van der Waals surface area contributed by atoms with Crippen LogP contribution in [0, 0.1) is 0 Å². The van der Waals surface area contributed by atoms with Gasteiger partial charge < -0.3 is 9.30 Å². The summed E-state index contributed by atoms with van der Waals surface area (Å²) < 4.78 is 2.55. The molecule has 1 aliphatic carbocycles. The molecule has 0 radical (unpaired) electrons. The number of benzene rings is 6. The number of para-hydroxylation sites is 1. The normalized spacial score (nSPS) is 14.3. The van der Waals surface area contributed by atoms with Gasteiger partial charge in [0.25, 0.3) is 0 Å². The average molecular weight is 597 g/mol. The fourth-order valence-corrected chi connectivity index (χ4v) is 7.98. The Balaban J connectivity index is 1.42. The minimum Gasteiger partial charge on any atom is -0.315 e. The lowest BCUT2D eigenvalue weighted by Gasteiger charge is -2.30. The summed E-state index contributed by atoms with van der Waals surface area (Å²) in [7, 11) is 0. The van der Waals surface area contributed by atoms with Gasteiger partial charge in [0.15, 0.2) is 0 Å². The lowest BCUT2D eigenvalue weighted by atomic mass is 9.96. The molecule has 6 aromatic carbocycles. The first kappa shape index (κ1) is 27.5. The molecule has 8 aromatic rings. The molecule has 0 spiro atoms. The van der Waals surface area contributed by atoms with Gasteiger partial charge in [0, 0.05) is 38.6 Å². The summed E-state index contributed by atoms with van der Waals surface area (Å²) in [4.78, 5) is 2.53. The lowest BCUT2D eigenvalue weighted by Crippen LogP contribution is -2.18. The molecule has 2 heterocycles. The molecule has 2 aromatic heterocycles. The molecule has 226 valence electrons. The maximum atomic E-state index is 2.55. The quantitative estimate of drug-likeness (QED) is 0.192. The molecular formula is C44H40N2. The van der Waals surface area contributed by atoms with Crippen molar-refractivity contribution in [2.75, 3.05) is 4.90 Å². The Hall–Kier alpha value is -4.82. The number of hydrogen-bond acceptors (Lipinski definition) is 1. The van der Waals surface area contributed by atoms with Gasteiger partial charge in [-0.1, -0.05) is 88.4 Å². The predicted octanol–water partition coefficient (Wildman–Crippen LogP) is 13.0. The zero-order valence-corrected chi connectivity index (χ0v) is 27.3. The Labute approximate surface area is 270 Å². The van der Waals surface area contributed by atoms with Crippen molar-refractivity contribution in [3.8, 4) is 0 Å². The minimum atomic E-state index is 0.498. The van der Waals surface area contributed by atoms with Gasteiger partial charge in [0.1, 0.15) is 0 Å². The molecule has 0 aliphatic heterocycles. The van der Waals surface area contributed by atoms with Crippen molar-refractivity contribution in [1.29, 1.82) is 0 Å². The molecule has 0 N–H and O–H groups in total. The van der Waals surface area contributed by atoms with E-state index in [1.54, 1.807) is 0 Å². The van der Waals surface area contributed by atoms with Gasteiger partial charge >= 0.3 is 0 Å². The van der Waals surface area contributed by atoms with Crippen LogP contribution in [-0.4, -0.2) is 4.40 Å². The molecule has 0 amide bonds. The first-order valence-electron chi connectivity index (χ1n) is 17.1. The number of hydrogen-bond donors (Lipinski definition) is 0. The van der Waals surface area contributed by atoms with Crippen molar-refractivity contribution in [1.82, 2.24) is 4.40 Å². The van der Waals surface area contributed by atoms with E-state index in [1.807, 2.05) is 0 Å². The second kappa shape index (κ2) is 10.4. The number of nitrogens with zero attached hydrogens (tertiary/aromatic N) is 2. The van der Waals surface area contributed by atoms with E-state index in [4.69, 9.17) is 0 Å². The van der Waals surface area contributed by atoms with Crippen LogP contribution in [0.15, 0.2) is 115 Å². The molecule has 0 fully saturated rings. The molecule has 1 aliphatic rings. The molecule has 0 unspecified atom stereocenters. The average Bonchev–Trinajstić information content (AvgIpc) is 3.57. The van der Waals surface area contributed by atoms with Crippen LogP contribution in [-0.2, 0) is 0 Å². The highest BCUT2D eigenvalue weighted by Gasteiger charge is 2.23. The van der Waals surface area contributed by atoms with Gasteiger partial charge in [-0.2, -0.15) is 0 Å². The Kier molecular flexibility index (Phi) is 6.19. The van der Waals surface area contributed by atoms with E-state index >= 15 is 0 Å². The van der Waals surface area contributed by atoms with E-state index in [0.717, 1.165) is 12.8 Å². The van der Waals surface area contributed by atoms with Gasteiger partial charge in [-0.25, -0.2) is 0 Å². The second-order valence-electron chi connectivity index (χ2n) is 14.1. The summed E-state index contributed by atoms with van der Waals surface area (Å²) in [5.74, 6) is 0.996. The van der Waals surface area contributed by atoms with Crippen molar-refractivity contribution < 1.29 is 0 Å². The van der Waals surface area contributed by atoms with Gasteiger partial charge in [0.05, 0.1) is 16.6 Å². The number of anilines is 2. The fourth-order valence-electron chi connectivity index (χ4n) is 7.98. The first-order valence-corrected chi connectivity index (χ1v) is 17.1. The molecule has 2 nitrogen and oxygen atoms in total. The molecule has 46 heavy (non-hydrogen) atoms. The molecule has 2 heteroatoms. The maximum absolute atomic E-state index is 2.55. The summed E-state index contributed by atoms with van der Waals surface area (Å²) >= 11 is 0. The van der Waals surface area contributed by atoms with Crippen LogP contribution in [0.5, 0.6) is 0 Å². The van der Waals surface area contributed by atoms with Crippen LogP contribution in [0.3, 0.4) is 0 Å². The Bertz CT molecular complexity index is 2340. The van der Waals surface area contributed by atoms with Gasteiger partial charge in [-0.15, -0.1) is 0 Å². The van der Waals surface area contributed by atoms with Crippen LogP contribution in [0.4, 0.5) is 11.4 Å². The Morgan fingerprint density at radius 1 is 0.543 bits per heavy atom. The lowest BCUT2D eigenvalue weighted by molar-refractivity contribution is 0.691. The van der Waals surface area contributed by atoms with Crippen LogP contribution >= 0.6 is 0 Å². The van der Waals surface area contributed by atoms with Crippen LogP contribution in [0.1, 0.15) is 76.3 Å². The van der Waals surface area contributed by atoms with Gasteiger partial charge in [0.2, 0.25) is 0 Å². The van der Waals surface area contributed by atoms with Crippen LogP contribution in [0.25, 0.3) is 59.6 Å². The monoisotopic (exact) mass is 596 g/mol. The molecule has 0 saturated heterocycles. The van der Waals surface area contributed by atoms with Crippen LogP contribution < -0.4 is 4.90 Å². The Morgan fingerprint density at radius 3 is 1.65 bits per heavy atom. The standard InChI is InChI=1S/C44H40N2/c1-27(2)29-15-17-31-23-42-38(21-33(31)19-29)40-25-37(45(35-11-7-5-8-12-35)36-13-9-6-10-14-36)26-41-39-22-34-20-30(28(3)4)16-18-32(34)24-43(39)46(42)44(40)41/h5,7-8,11-13,15-28H,6,9-10,14H2,1-4H3. The van der Waals surface area contributed by atoms with Crippen molar-refractivity contribution in [2.24, 2.45) is 0 Å². The van der Waals surface area contributed by atoms with Gasteiger partial charge in [-0.05, 0) is 119 Å². The third-order valence-electron chi connectivity index (χ3n) is 10.5. The van der Waals surface area contributed by atoms with Crippen molar-refractivity contribution in [3.05, 3.63) is 126 Å². The summed E-state index contributed by atoms with van der Waals surface area (Å²) in [5, 5.41) is 10.6. The van der Waals surface area contributed by atoms with Crippen LogP contribution in [0.2, 0.25) is 0 Å². The third kappa shape index (κ3) is 4.16. The van der Waals surface area contributed by atoms with E-state index in [1.165, 1.54) is 101 Å². The highest BCUT2D eigenvalue weighted by molar-refractivity contribution is 6.27. The SMILES string of the molecule is CC(C)c1ccc2cc3c(cc2c1)c1cc(N(C2=CCCCC2)c2ccccc2)cc2c4cc5cc(C(C)C)ccc5cc4n3c12. The van der Waals surface area contributed by atoms with Crippen molar-refractivity contribution in [3.63, 3.8) is 0 Å². The summed E-state index contributed by atoms with van der Waals surface area (Å²) in [6.07, 6.45) is 7.23. The molecule has 9 rings (SSSR count). The summed E-state index contributed by atoms with van der Waals surface area (Å²) in [6.45, 7) is 9.13. The van der Waals surface area contributed by atoms with Crippen molar-refractivity contribution in [2.45, 2.75) is 65.2 Å². The van der Waals surface area contributed by atoms with E-state index in [0.29, 0.717) is 11.8 Å². The fraction of sp³-hybridized carbons (Fsp3) is 0.227. The summed E-state index contributed by atoms with van der Waals surface area (Å²) in [6, 6.07) is 39.7. The third-order valence-corrected chi connectivity index (χ3v) is 10.5. The predicted molar refractivity (Wildman–Crippen MR) is 199 cm³/mol. The number of fused-ring (bicyclic) bond motifs is 8. The highest BCUT2D eigenvalue weighted by atomic mass is 15.1. The smallest absolute Gasteiger partial charge is 0.0622 e. The van der Waals surface area contributed by atoms with E-state index in [2.05, 4.69) is 146 Å². The minimum absolute atomic E-state index is 0.498. The zero-order chi connectivity index (χ0) is 31.1. The van der Waals surface area contributed by atoms with E-state index < -0.39 is 0 Å².